The van der Waals surface area contributed by atoms with Gasteiger partial charge >= 0.3 is 0 Å². The van der Waals surface area contributed by atoms with Crippen molar-refractivity contribution in [2.45, 2.75) is 11.7 Å². The number of nitrogens with zero attached hydrogens (tertiary/aromatic N) is 1. The molecule has 0 bridgehead atoms. The van der Waals surface area contributed by atoms with Crippen LogP contribution in [0.25, 0.3) is 0 Å². The monoisotopic (exact) mass is 374 g/mol. The number of para-hydroxylation sites is 1. The van der Waals surface area contributed by atoms with Crippen LogP contribution in [0.3, 0.4) is 0 Å². The minimum Gasteiger partial charge on any atom is -0.326 e. The second kappa shape index (κ2) is 8.04. The molecule has 6 nitrogen and oxygen atoms in total. The number of hydrazone groups is 1. The van der Waals surface area contributed by atoms with E-state index in [9.17, 15) is 9.59 Å². The molecule has 1 aliphatic rings. The van der Waals surface area contributed by atoms with Gasteiger partial charge in [0.1, 0.15) is 5.25 Å². The molecule has 1 atom stereocenters. The van der Waals surface area contributed by atoms with Gasteiger partial charge in [-0.15, -0.1) is 5.10 Å². The third-order valence-corrected chi connectivity index (χ3v) is 4.63. The van der Waals surface area contributed by atoms with Crippen molar-refractivity contribution in [2.24, 2.45) is 5.10 Å². The lowest BCUT2D eigenvalue weighted by molar-refractivity contribution is -0.122. The van der Waals surface area contributed by atoms with Crippen LogP contribution in [-0.4, -0.2) is 22.2 Å². The van der Waals surface area contributed by atoms with Crippen LogP contribution < -0.4 is 16.1 Å². The predicted molar refractivity (Wildman–Crippen MR) is 102 cm³/mol. The summed E-state index contributed by atoms with van der Waals surface area (Å²) < 4.78 is 0. The van der Waals surface area contributed by atoms with Gasteiger partial charge in [0, 0.05) is 17.1 Å². The summed E-state index contributed by atoms with van der Waals surface area (Å²) in [6.45, 7) is 0. The summed E-state index contributed by atoms with van der Waals surface area (Å²) >= 11 is 7.10. The molecule has 0 unspecified atom stereocenters. The summed E-state index contributed by atoms with van der Waals surface area (Å²) in [4.78, 5) is 24.1. The van der Waals surface area contributed by atoms with Crippen LogP contribution in [0.4, 0.5) is 11.4 Å². The number of hydrogen-bond donors (Lipinski definition) is 3. The Balaban J connectivity index is 1.54. The highest BCUT2D eigenvalue weighted by Gasteiger charge is 2.32. The molecule has 0 radical (unpaired) electrons. The molecule has 0 saturated carbocycles. The number of thioether (sulfide) groups is 1. The fourth-order valence-corrected chi connectivity index (χ4v) is 3.29. The van der Waals surface area contributed by atoms with Crippen molar-refractivity contribution in [1.82, 2.24) is 5.32 Å². The number of anilines is 2. The Morgan fingerprint density at radius 3 is 2.68 bits per heavy atom. The van der Waals surface area contributed by atoms with Crippen LogP contribution in [0.5, 0.6) is 0 Å². The SMILES string of the molecule is O=C(C[C@H]1S/C(=N/Nc2ccccc2)NC1=O)Nc1cccc(Cl)c1. The molecular weight excluding hydrogens is 360 g/mol. The van der Waals surface area contributed by atoms with Gasteiger partial charge in [0.2, 0.25) is 11.8 Å². The average Bonchev–Trinajstić information content (AvgIpc) is 2.93. The van der Waals surface area contributed by atoms with E-state index < -0.39 is 5.25 Å². The second-order valence-electron chi connectivity index (χ2n) is 5.25. The maximum atomic E-state index is 12.1. The molecule has 0 aliphatic carbocycles. The van der Waals surface area contributed by atoms with Crippen molar-refractivity contribution >= 4 is 51.7 Å². The van der Waals surface area contributed by atoms with E-state index in [-0.39, 0.29) is 18.2 Å². The molecule has 2 aromatic carbocycles. The van der Waals surface area contributed by atoms with Gasteiger partial charge in [-0.2, -0.15) is 0 Å². The number of hydrogen-bond acceptors (Lipinski definition) is 5. The van der Waals surface area contributed by atoms with E-state index in [4.69, 9.17) is 11.6 Å². The van der Waals surface area contributed by atoms with Crippen molar-refractivity contribution in [3.63, 3.8) is 0 Å². The van der Waals surface area contributed by atoms with Gasteiger partial charge in [0.15, 0.2) is 5.17 Å². The van der Waals surface area contributed by atoms with Crippen LogP contribution in [0.15, 0.2) is 59.7 Å². The van der Waals surface area contributed by atoms with E-state index >= 15 is 0 Å². The number of benzene rings is 2. The minimum absolute atomic E-state index is 0.0490. The quantitative estimate of drug-likeness (QED) is 0.701. The number of carbonyl (C=O) groups excluding carboxylic acids is 2. The molecule has 0 spiro atoms. The van der Waals surface area contributed by atoms with Crippen molar-refractivity contribution in [2.75, 3.05) is 10.7 Å². The molecule has 3 N–H and O–H groups in total. The standard InChI is InChI=1S/C17H15ClN4O2S/c18-11-5-4-8-13(9-11)19-15(23)10-14-16(24)20-17(25-14)22-21-12-6-2-1-3-7-12/h1-9,14,21H,10H2,(H,19,23)(H,20,22,24)/t14-/m1/s1. The Kier molecular flexibility index (Phi) is 5.57. The molecule has 2 aromatic rings. The molecule has 1 heterocycles. The van der Waals surface area contributed by atoms with Crippen LogP contribution in [0, 0.1) is 0 Å². The van der Waals surface area contributed by atoms with Gasteiger partial charge in [0.25, 0.3) is 0 Å². The highest BCUT2D eigenvalue weighted by atomic mass is 35.5. The average molecular weight is 375 g/mol. The van der Waals surface area contributed by atoms with Crippen LogP contribution in [0.2, 0.25) is 5.02 Å². The highest BCUT2D eigenvalue weighted by Crippen LogP contribution is 2.23. The zero-order chi connectivity index (χ0) is 17.6. The molecule has 0 aromatic heterocycles. The lowest BCUT2D eigenvalue weighted by Gasteiger charge is -2.07. The fraction of sp³-hybridized carbons (Fsp3) is 0.118. The molecule has 1 aliphatic heterocycles. The molecule has 25 heavy (non-hydrogen) atoms. The van der Waals surface area contributed by atoms with E-state index in [0.29, 0.717) is 15.9 Å². The van der Waals surface area contributed by atoms with Gasteiger partial charge < -0.3 is 10.6 Å². The summed E-state index contributed by atoms with van der Waals surface area (Å²) in [5.74, 6) is -0.493. The maximum Gasteiger partial charge on any atom is 0.240 e. The van der Waals surface area contributed by atoms with Crippen LogP contribution >= 0.6 is 23.4 Å². The van der Waals surface area contributed by atoms with Gasteiger partial charge in [-0.3, -0.25) is 15.0 Å². The number of amidine groups is 1. The van der Waals surface area contributed by atoms with Gasteiger partial charge in [-0.25, -0.2) is 0 Å². The summed E-state index contributed by atoms with van der Waals surface area (Å²) in [5, 5.41) is 9.99. The Labute approximate surface area is 154 Å². The van der Waals surface area contributed by atoms with E-state index in [1.165, 1.54) is 11.8 Å². The molecule has 128 valence electrons. The summed E-state index contributed by atoms with van der Waals surface area (Å²) in [5.41, 5.74) is 4.27. The summed E-state index contributed by atoms with van der Waals surface area (Å²) in [6, 6.07) is 16.2. The predicted octanol–water partition coefficient (Wildman–Crippen LogP) is 3.28. The topological polar surface area (TPSA) is 82.6 Å². The zero-order valence-electron chi connectivity index (χ0n) is 13.0. The Morgan fingerprint density at radius 1 is 1.16 bits per heavy atom. The third-order valence-electron chi connectivity index (χ3n) is 3.32. The third kappa shape index (κ3) is 4.98. The van der Waals surface area contributed by atoms with E-state index in [0.717, 1.165) is 5.69 Å². The molecule has 1 fully saturated rings. The number of amides is 2. The molecule has 2 amide bonds. The first-order chi connectivity index (χ1) is 12.1. The number of nitrogens with one attached hydrogen (secondary N) is 3. The molecular formula is C17H15ClN4O2S. The fourth-order valence-electron chi connectivity index (χ4n) is 2.17. The minimum atomic E-state index is -0.518. The van der Waals surface area contributed by atoms with Crippen molar-refractivity contribution in [3.05, 3.63) is 59.6 Å². The molecule has 3 rings (SSSR count). The Bertz CT molecular complexity index is 813. The van der Waals surface area contributed by atoms with Gasteiger partial charge in [-0.1, -0.05) is 47.6 Å². The number of rotatable bonds is 5. The first-order valence-corrected chi connectivity index (χ1v) is 8.77. The maximum absolute atomic E-state index is 12.1. The van der Waals surface area contributed by atoms with E-state index in [1.54, 1.807) is 24.3 Å². The van der Waals surface area contributed by atoms with Crippen molar-refractivity contribution in [1.29, 1.82) is 0 Å². The van der Waals surface area contributed by atoms with Crippen LogP contribution in [-0.2, 0) is 9.59 Å². The molecule has 8 heteroatoms. The number of carbonyl (C=O) groups is 2. The molecule has 1 saturated heterocycles. The van der Waals surface area contributed by atoms with Crippen molar-refractivity contribution in [3.8, 4) is 0 Å². The van der Waals surface area contributed by atoms with Crippen LogP contribution in [0.1, 0.15) is 6.42 Å². The van der Waals surface area contributed by atoms with E-state index in [1.807, 2.05) is 30.3 Å². The number of halogens is 1. The smallest absolute Gasteiger partial charge is 0.240 e. The first-order valence-electron chi connectivity index (χ1n) is 7.52. The lowest BCUT2D eigenvalue weighted by atomic mass is 10.2. The van der Waals surface area contributed by atoms with Gasteiger partial charge in [0.05, 0.1) is 5.69 Å². The normalized spacial score (nSPS) is 18.0. The summed E-state index contributed by atoms with van der Waals surface area (Å²) in [6.07, 6.45) is 0.0490. The Hall–Kier alpha value is -2.51. The first kappa shape index (κ1) is 17.3. The largest absolute Gasteiger partial charge is 0.326 e. The Morgan fingerprint density at radius 2 is 1.92 bits per heavy atom. The zero-order valence-corrected chi connectivity index (χ0v) is 14.6. The lowest BCUT2D eigenvalue weighted by Crippen LogP contribution is -2.28. The summed E-state index contributed by atoms with van der Waals surface area (Å²) in [7, 11) is 0. The van der Waals surface area contributed by atoms with E-state index in [2.05, 4.69) is 21.2 Å². The van der Waals surface area contributed by atoms with Gasteiger partial charge in [-0.05, 0) is 30.3 Å². The van der Waals surface area contributed by atoms with Crippen molar-refractivity contribution < 1.29 is 9.59 Å². The second-order valence-corrected chi connectivity index (χ2v) is 6.88. The highest BCUT2D eigenvalue weighted by molar-refractivity contribution is 8.15.